The fourth-order valence-electron chi connectivity index (χ4n) is 1.71. The van der Waals surface area contributed by atoms with Gasteiger partial charge in [-0.3, -0.25) is 0 Å². The number of nitrogens with zero attached hydrogens (tertiary/aromatic N) is 1. The highest BCUT2D eigenvalue weighted by molar-refractivity contribution is 14.1. The Hall–Kier alpha value is -0.450. The Balaban J connectivity index is 2.49. The van der Waals surface area contributed by atoms with Crippen molar-refractivity contribution < 1.29 is 4.74 Å². The number of hydrogen-bond donors (Lipinski definition) is 0. The van der Waals surface area contributed by atoms with E-state index in [9.17, 15) is 0 Å². The second kappa shape index (κ2) is 3.36. The molecule has 0 amide bonds. The number of anilines is 1. The summed E-state index contributed by atoms with van der Waals surface area (Å²) in [6.07, 6.45) is 0.177. The van der Waals surface area contributed by atoms with Crippen LogP contribution in [0.15, 0.2) is 18.2 Å². The summed E-state index contributed by atoms with van der Waals surface area (Å²) in [5.74, 6) is 1.02. The Kier molecular flexibility index (Phi) is 2.36. The van der Waals surface area contributed by atoms with E-state index in [1.165, 1.54) is 9.26 Å². The number of rotatable bonds is 1. The number of hydrogen-bond acceptors (Lipinski definition) is 2. The van der Waals surface area contributed by atoms with E-state index in [-0.39, 0.29) is 6.23 Å². The second-order valence-corrected chi connectivity index (χ2v) is 4.25. The third-order valence-corrected chi connectivity index (χ3v) is 3.18. The normalized spacial score (nSPS) is 19.9. The van der Waals surface area contributed by atoms with E-state index in [2.05, 4.69) is 47.4 Å². The topological polar surface area (TPSA) is 12.5 Å². The molecule has 1 unspecified atom stereocenters. The molecule has 3 heteroatoms. The lowest BCUT2D eigenvalue weighted by Gasteiger charge is -2.20. The SMILES string of the molecule is CCN1c2c(I)cccc2OC1C. The lowest BCUT2D eigenvalue weighted by atomic mass is 10.3. The van der Waals surface area contributed by atoms with Gasteiger partial charge in [0.15, 0.2) is 6.23 Å². The average Bonchev–Trinajstić information content (AvgIpc) is 2.42. The zero-order valence-electron chi connectivity index (χ0n) is 7.75. The van der Waals surface area contributed by atoms with Crippen molar-refractivity contribution in [3.63, 3.8) is 0 Å². The molecule has 0 bridgehead atoms. The first-order valence-electron chi connectivity index (χ1n) is 4.46. The van der Waals surface area contributed by atoms with Gasteiger partial charge in [-0.2, -0.15) is 0 Å². The van der Waals surface area contributed by atoms with E-state index in [0.717, 1.165) is 12.3 Å². The molecule has 1 aromatic carbocycles. The summed E-state index contributed by atoms with van der Waals surface area (Å²) in [6, 6.07) is 6.18. The summed E-state index contributed by atoms with van der Waals surface area (Å²) in [6.45, 7) is 5.23. The molecule has 2 nitrogen and oxygen atoms in total. The highest BCUT2D eigenvalue weighted by Crippen LogP contribution is 2.39. The Bertz CT molecular complexity index is 327. The smallest absolute Gasteiger partial charge is 0.169 e. The van der Waals surface area contributed by atoms with Crippen LogP contribution in [0.3, 0.4) is 0 Å². The molecule has 1 aliphatic heterocycles. The summed E-state index contributed by atoms with van der Waals surface area (Å²) >= 11 is 2.35. The van der Waals surface area contributed by atoms with Gasteiger partial charge in [0.2, 0.25) is 0 Å². The van der Waals surface area contributed by atoms with Crippen LogP contribution in [-0.4, -0.2) is 12.8 Å². The molecular weight excluding hydrogens is 277 g/mol. The molecule has 1 heterocycles. The van der Waals surface area contributed by atoms with E-state index in [1.807, 2.05) is 12.1 Å². The first-order valence-corrected chi connectivity index (χ1v) is 5.53. The van der Waals surface area contributed by atoms with Gasteiger partial charge in [0, 0.05) is 10.1 Å². The van der Waals surface area contributed by atoms with Gasteiger partial charge in [0.1, 0.15) is 5.75 Å². The van der Waals surface area contributed by atoms with Crippen molar-refractivity contribution >= 4 is 28.3 Å². The molecule has 0 fully saturated rings. The fourth-order valence-corrected chi connectivity index (χ4v) is 2.50. The van der Waals surface area contributed by atoms with Crippen LogP contribution < -0.4 is 9.64 Å². The molecule has 0 aliphatic carbocycles. The predicted octanol–water partition coefficient (Wildman–Crippen LogP) is 2.86. The van der Waals surface area contributed by atoms with Crippen LogP contribution in [0.2, 0.25) is 0 Å². The molecule has 1 atom stereocenters. The summed E-state index contributed by atoms with van der Waals surface area (Å²) in [4.78, 5) is 2.27. The maximum atomic E-state index is 5.71. The van der Waals surface area contributed by atoms with Gasteiger partial charge in [-0.1, -0.05) is 6.07 Å². The minimum Gasteiger partial charge on any atom is -0.469 e. The molecule has 0 saturated carbocycles. The highest BCUT2D eigenvalue weighted by atomic mass is 127. The van der Waals surface area contributed by atoms with Gasteiger partial charge in [-0.25, -0.2) is 0 Å². The van der Waals surface area contributed by atoms with Gasteiger partial charge >= 0.3 is 0 Å². The molecule has 1 aromatic rings. The number of ether oxygens (including phenoxy) is 1. The number of para-hydroxylation sites is 1. The van der Waals surface area contributed by atoms with Crippen LogP contribution in [-0.2, 0) is 0 Å². The maximum Gasteiger partial charge on any atom is 0.169 e. The molecule has 13 heavy (non-hydrogen) atoms. The molecule has 0 N–H and O–H groups in total. The average molecular weight is 289 g/mol. The molecule has 70 valence electrons. The summed E-state index contributed by atoms with van der Waals surface area (Å²) < 4.78 is 6.98. The quantitative estimate of drug-likeness (QED) is 0.737. The second-order valence-electron chi connectivity index (χ2n) is 3.09. The van der Waals surface area contributed by atoms with Crippen molar-refractivity contribution in [1.29, 1.82) is 0 Å². The summed E-state index contributed by atoms with van der Waals surface area (Å²) in [5, 5.41) is 0. The maximum absolute atomic E-state index is 5.71. The molecule has 0 aromatic heterocycles. The molecule has 0 saturated heterocycles. The van der Waals surface area contributed by atoms with Crippen molar-refractivity contribution in [2.24, 2.45) is 0 Å². The van der Waals surface area contributed by atoms with E-state index < -0.39 is 0 Å². The Morgan fingerprint density at radius 3 is 3.00 bits per heavy atom. The zero-order chi connectivity index (χ0) is 9.42. The third kappa shape index (κ3) is 1.39. The van der Waals surface area contributed by atoms with Gasteiger partial charge in [0.25, 0.3) is 0 Å². The lowest BCUT2D eigenvalue weighted by molar-refractivity contribution is 0.246. The molecular formula is C10H12INO. The van der Waals surface area contributed by atoms with Gasteiger partial charge in [-0.15, -0.1) is 0 Å². The van der Waals surface area contributed by atoms with E-state index >= 15 is 0 Å². The molecule has 2 rings (SSSR count). The standard InChI is InChI=1S/C10H12INO/c1-3-12-7(2)13-9-6-4-5-8(11)10(9)12/h4-7H,3H2,1-2H3. The monoisotopic (exact) mass is 289 g/mol. The molecule has 1 aliphatic rings. The van der Waals surface area contributed by atoms with Crippen LogP contribution in [0.5, 0.6) is 5.75 Å². The van der Waals surface area contributed by atoms with E-state index in [1.54, 1.807) is 0 Å². The van der Waals surface area contributed by atoms with Crippen LogP contribution in [0, 0.1) is 3.57 Å². The minimum absolute atomic E-state index is 0.177. The first-order chi connectivity index (χ1) is 6.24. The van der Waals surface area contributed by atoms with Crippen LogP contribution >= 0.6 is 22.6 Å². The largest absolute Gasteiger partial charge is 0.469 e. The zero-order valence-corrected chi connectivity index (χ0v) is 9.91. The Labute approximate surface area is 92.0 Å². The van der Waals surface area contributed by atoms with E-state index in [4.69, 9.17) is 4.74 Å². The highest BCUT2D eigenvalue weighted by Gasteiger charge is 2.27. The number of benzene rings is 1. The fraction of sp³-hybridized carbons (Fsp3) is 0.400. The minimum atomic E-state index is 0.177. The Morgan fingerprint density at radius 1 is 1.54 bits per heavy atom. The van der Waals surface area contributed by atoms with Crippen molar-refractivity contribution in [1.82, 2.24) is 0 Å². The number of fused-ring (bicyclic) bond motifs is 1. The summed E-state index contributed by atoms with van der Waals surface area (Å²) in [5.41, 5.74) is 1.25. The lowest BCUT2D eigenvalue weighted by Crippen LogP contribution is -2.31. The first kappa shape index (κ1) is 9.12. The van der Waals surface area contributed by atoms with Crippen LogP contribution in [0.4, 0.5) is 5.69 Å². The molecule has 0 spiro atoms. The van der Waals surface area contributed by atoms with Crippen molar-refractivity contribution in [3.8, 4) is 5.75 Å². The third-order valence-electron chi connectivity index (χ3n) is 2.31. The van der Waals surface area contributed by atoms with Crippen molar-refractivity contribution in [2.45, 2.75) is 20.1 Å². The number of halogens is 1. The van der Waals surface area contributed by atoms with Crippen molar-refractivity contribution in [3.05, 3.63) is 21.8 Å². The Morgan fingerprint density at radius 2 is 2.31 bits per heavy atom. The van der Waals surface area contributed by atoms with Gasteiger partial charge < -0.3 is 9.64 Å². The van der Waals surface area contributed by atoms with E-state index in [0.29, 0.717) is 0 Å². The van der Waals surface area contributed by atoms with Gasteiger partial charge in [0.05, 0.1) is 5.69 Å². The van der Waals surface area contributed by atoms with Gasteiger partial charge in [-0.05, 0) is 48.6 Å². The van der Waals surface area contributed by atoms with Crippen LogP contribution in [0.25, 0.3) is 0 Å². The molecule has 0 radical (unpaired) electrons. The summed E-state index contributed by atoms with van der Waals surface area (Å²) in [7, 11) is 0. The van der Waals surface area contributed by atoms with Crippen molar-refractivity contribution in [2.75, 3.05) is 11.4 Å². The predicted molar refractivity (Wildman–Crippen MR) is 62.3 cm³/mol. The van der Waals surface area contributed by atoms with Crippen LogP contribution in [0.1, 0.15) is 13.8 Å².